The van der Waals surface area contributed by atoms with Crippen molar-refractivity contribution in [3.63, 3.8) is 0 Å². The van der Waals surface area contributed by atoms with Crippen molar-refractivity contribution >= 4 is 39.9 Å². The minimum atomic E-state index is -4.90. The van der Waals surface area contributed by atoms with Crippen LogP contribution in [0.15, 0.2) is 65.6 Å². The zero-order valence-electron chi connectivity index (χ0n) is 63.3. The largest absolute Gasteiger partial charge is 0.510 e. The van der Waals surface area contributed by atoms with Crippen molar-refractivity contribution in [1.29, 1.82) is 0 Å². The molecular weight excluding hydrogens is 1620 g/mol. The van der Waals surface area contributed by atoms with Crippen LogP contribution in [-0.2, 0) is 126 Å². The number of carbonyl (C=O) groups excluding carboxylic acids is 4. The van der Waals surface area contributed by atoms with Crippen LogP contribution in [0.5, 0.6) is 0 Å². The Morgan fingerprint density at radius 3 is 1.17 bits per heavy atom. The average molecular weight is 1710 g/mol. The van der Waals surface area contributed by atoms with Gasteiger partial charge in [-0.25, -0.2) is 64.4 Å². The summed E-state index contributed by atoms with van der Waals surface area (Å²) in [5.41, 5.74) is -15.7. The van der Waals surface area contributed by atoms with E-state index in [1.165, 1.54) is 18.5 Å². The smallest absolute Gasteiger partial charge is 0.438 e. The van der Waals surface area contributed by atoms with Crippen LogP contribution in [0.4, 0.5) is 22.8 Å². The summed E-state index contributed by atoms with van der Waals surface area (Å²) in [6.45, 7) is -0.678. The monoisotopic (exact) mass is 1710 g/mol. The maximum atomic E-state index is 15.3. The Balaban J connectivity index is 0.000000168. The summed E-state index contributed by atoms with van der Waals surface area (Å²) in [6.07, 6.45) is -2.66. The lowest BCUT2D eigenvalue weighted by atomic mass is 9.88. The summed E-state index contributed by atoms with van der Waals surface area (Å²) in [5.74, 6) is -4.62. The van der Waals surface area contributed by atoms with Crippen LogP contribution in [0, 0.1) is 23.7 Å². The molecule has 6 N–H and O–H groups in total. The number of phosphoric ester groups is 2. The van der Waals surface area contributed by atoms with Crippen molar-refractivity contribution in [3.05, 3.63) is 99.3 Å². The van der Waals surface area contributed by atoms with Gasteiger partial charge in [-0.3, -0.25) is 61.7 Å². The summed E-state index contributed by atoms with van der Waals surface area (Å²) < 4.78 is 197. The highest BCUT2D eigenvalue weighted by molar-refractivity contribution is 7.48. The van der Waals surface area contributed by atoms with E-state index in [-0.39, 0.29) is 38.3 Å². The molecule has 0 bridgehead atoms. The van der Waals surface area contributed by atoms with Crippen molar-refractivity contribution in [3.8, 4) is 0 Å². The van der Waals surface area contributed by atoms with Crippen molar-refractivity contribution < 1.29 is 164 Å². The van der Waals surface area contributed by atoms with E-state index in [4.69, 9.17) is 103 Å². The first-order valence-corrected chi connectivity index (χ1v) is 39.8. The first-order valence-electron chi connectivity index (χ1n) is 36.9. The number of aromatic nitrogens is 6. The molecule has 648 valence electrons. The molecule has 12 heterocycles. The van der Waals surface area contributed by atoms with Crippen LogP contribution in [-0.4, -0.2) is 264 Å². The lowest BCUT2D eigenvalue weighted by Crippen LogP contribution is -2.53. The van der Waals surface area contributed by atoms with Crippen molar-refractivity contribution in [1.82, 2.24) is 28.7 Å². The molecule has 9 aliphatic heterocycles. The number of esters is 2. The van der Waals surface area contributed by atoms with E-state index in [9.17, 15) is 81.2 Å². The Morgan fingerprint density at radius 2 is 0.836 bits per heavy atom. The average Bonchev–Trinajstić information content (AvgIpc) is 1.54. The van der Waals surface area contributed by atoms with Crippen LogP contribution >= 0.6 is 15.6 Å². The molecule has 2 saturated carbocycles. The van der Waals surface area contributed by atoms with Gasteiger partial charge in [-0.15, -0.1) is 0 Å². The lowest BCUT2D eigenvalue weighted by molar-refractivity contribution is -0.253. The van der Waals surface area contributed by atoms with Gasteiger partial charge in [-0.05, 0) is 46.5 Å². The summed E-state index contributed by atoms with van der Waals surface area (Å²) in [4.78, 5) is 127. The minimum absolute atomic E-state index is 0.0600. The molecule has 11 aliphatic rings. The number of aliphatic hydroxyl groups excluding tert-OH is 2. The molecule has 2 aliphatic carbocycles. The minimum Gasteiger partial charge on any atom is -0.438 e. The molecule has 0 radical (unpaired) electrons. The second-order valence-corrected chi connectivity index (χ2v) is 33.4. The zero-order chi connectivity index (χ0) is 83.4. The number of hydrogen-bond donors (Lipinski definition) is 6. The Labute approximate surface area is 654 Å². The van der Waals surface area contributed by atoms with Gasteiger partial charge >= 0.3 is 57.0 Å². The van der Waals surface area contributed by atoms with E-state index in [1.807, 2.05) is 4.98 Å². The number of phosphoric acid groups is 2. The molecule has 16 atom stereocenters. The van der Waals surface area contributed by atoms with Crippen molar-refractivity contribution in [2.75, 3.05) is 120 Å². The second-order valence-electron chi connectivity index (χ2n) is 30.0. The number of nitrogens with zero attached hydrogens (tertiary/aromatic N) is 3. The predicted octanol–water partition coefficient (Wildman–Crippen LogP) is 1.22. The molecule has 49 heteroatoms. The number of carbonyl (C=O) groups is 4. The number of rotatable bonds is 31. The van der Waals surface area contributed by atoms with Gasteiger partial charge in [0.05, 0.1) is 84.5 Å². The summed E-state index contributed by atoms with van der Waals surface area (Å²) in [5, 5.41) is 31.7. The highest BCUT2D eigenvalue weighted by atomic mass is 31.2. The van der Waals surface area contributed by atoms with E-state index >= 15 is 4.39 Å². The Morgan fingerprint density at radius 1 is 0.500 bits per heavy atom. The van der Waals surface area contributed by atoms with Gasteiger partial charge in [-0.1, -0.05) is 13.8 Å². The third kappa shape index (κ3) is 18.5. The molecule has 9 saturated heterocycles. The number of H-pyrrole nitrogens is 3. The fourth-order valence-electron chi connectivity index (χ4n) is 14.8. The summed E-state index contributed by atoms with van der Waals surface area (Å²) in [7, 11) is -9.74. The normalized spacial score (nSPS) is 32.4. The first kappa shape index (κ1) is 88.3. The maximum Gasteiger partial charge on any atom is 0.510 e. The molecule has 11 fully saturated rings. The number of halogens is 3. The van der Waals surface area contributed by atoms with Gasteiger partial charge < -0.3 is 95.8 Å². The third-order valence-electron chi connectivity index (χ3n) is 21.8. The van der Waals surface area contributed by atoms with Crippen LogP contribution in [0.2, 0.25) is 0 Å². The SMILES string of the molecule is CC(C(=O)OCOP(=O)(OCOC(=O)OC1COC1)OC[C@@]1(CF)O[C@@H](n2ccc(=O)[nH]c2=O)[C@](C)(O)[C@@H]1O)C1COC1.CC(C(=O)OCOP(=O)(OCOC(=O)OC1COC1)OC[C@@]1(CF)O[C@@H](n2ccc(=O)[nH]c2=O)[C@]2(C)OC3(CCCC3)O[C@H]12)C1COC1.C[C@@]12OC3(CCCC3)O[C@@H]1[C@](CO)(CF)O[C@H]2n1ccc(=O)[nH]c1=O. The zero-order valence-corrected chi connectivity index (χ0v) is 65.1. The standard InChI is InChI=1S/C28H38FN2O16P.C23H32FN2O16P.C16H21FN2O6/c1-17(18-9-37-10-18)21(33)39-15-42-48(36,43-16-40-25(35)44-19-11-38-12-19)41-14-27(13-29)22-26(2,47-28(45-22)6-3-4-7-28)23(46-27)31-8-5-20(32)30-24(31)34;1-13(14-5-34-6-14)17(28)36-11-39-43(33,40-12-37-21(31)41-15-7-35-8-15)38-10-23(9-24)18(29)22(2,32)19(42-23)26-4-3-16(27)25-20(26)30;1-14-11(23-16(25-14)5-2-3-6-16)15(8-17,9-20)24-12(14)19-7-4-10(21)18-13(19)22/h5,8,17-19,22-23H,3-4,6-7,9-16H2,1-2H3,(H,30,32,34);3-4,13-15,18-19,29,32H,5-12H2,1-2H3,(H,25,27,30);4,7,11-12,20H,2-3,5-6,8-9H2,1H3,(H,18,21,22)/t17?,22-,23+,26+,27+,48?;13?,18-,19+,22+,23+,43?;11-,12+,14+,15+/m000/s1. The molecule has 14 rings (SSSR count). The summed E-state index contributed by atoms with van der Waals surface area (Å²) >= 11 is 0. The second kappa shape index (κ2) is 35.7. The fourth-order valence-corrected chi connectivity index (χ4v) is 16.7. The van der Waals surface area contributed by atoms with E-state index in [0.29, 0.717) is 56.7 Å². The third-order valence-corrected chi connectivity index (χ3v) is 24.4. The molecule has 0 amide bonds. The number of aliphatic hydroxyl groups is 3. The number of nitrogens with one attached hydrogen (secondary N) is 3. The lowest BCUT2D eigenvalue weighted by Gasteiger charge is -2.34. The number of fused-ring (bicyclic) bond motifs is 2. The van der Waals surface area contributed by atoms with Gasteiger partial charge in [0.25, 0.3) is 16.7 Å². The number of aromatic amines is 3. The van der Waals surface area contributed by atoms with Crippen LogP contribution < -0.4 is 33.7 Å². The van der Waals surface area contributed by atoms with Gasteiger partial charge in [0.15, 0.2) is 59.3 Å². The molecule has 44 nitrogen and oxygen atoms in total. The fraction of sp³-hybridized carbons (Fsp3) is 0.761. The molecule has 2 spiro atoms. The van der Waals surface area contributed by atoms with Crippen molar-refractivity contribution in [2.45, 2.75) is 180 Å². The Hall–Kier alpha value is -7.03. The highest BCUT2D eigenvalue weighted by Crippen LogP contribution is 2.62. The summed E-state index contributed by atoms with van der Waals surface area (Å²) in [6, 6.07) is 3.20. The molecular formula is C67H91F3N6O38P2. The number of alkyl halides is 3. The van der Waals surface area contributed by atoms with Gasteiger partial charge in [0, 0.05) is 74.3 Å². The van der Waals surface area contributed by atoms with Gasteiger partial charge in [0.1, 0.15) is 55.1 Å². The molecule has 116 heavy (non-hydrogen) atoms. The van der Waals surface area contributed by atoms with E-state index < -0.39 is 247 Å². The van der Waals surface area contributed by atoms with Crippen LogP contribution in [0.1, 0.15) is 105 Å². The first-order chi connectivity index (χ1) is 55.1. The predicted molar refractivity (Wildman–Crippen MR) is 370 cm³/mol. The Bertz CT molecular complexity index is 4460. The molecule has 3 aromatic heterocycles. The number of hydrogen-bond acceptors (Lipinski definition) is 38. The Kier molecular flexibility index (Phi) is 27.2. The van der Waals surface area contributed by atoms with Gasteiger partial charge in [-0.2, -0.15) is 0 Å². The topological polar surface area (TPSA) is 540 Å². The van der Waals surface area contributed by atoms with E-state index in [2.05, 4.69) is 14.7 Å². The van der Waals surface area contributed by atoms with Crippen LogP contribution in [0.3, 0.4) is 0 Å². The molecule has 4 unspecified atom stereocenters. The number of ether oxygens (including phenoxy) is 17. The van der Waals surface area contributed by atoms with Gasteiger partial charge in [0.2, 0.25) is 27.2 Å². The quantitative estimate of drug-likeness (QED) is 0.0228. The molecule has 0 aromatic carbocycles. The highest BCUT2D eigenvalue weighted by Gasteiger charge is 2.74. The van der Waals surface area contributed by atoms with Crippen molar-refractivity contribution in [2.24, 2.45) is 23.7 Å². The van der Waals surface area contributed by atoms with Crippen LogP contribution in [0.25, 0.3) is 0 Å². The maximum absolute atomic E-state index is 15.3. The van der Waals surface area contributed by atoms with E-state index in [1.54, 1.807) is 27.7 Å². The molecule has 3 aromatic rings. The van der Waals surface area contributed by atoms with E-state index in [0.717, 1.165) is 60.1 Å².